The van der Waals surface area contributed by atoms with Crippen LogP contribution < -0.4 is 5.32 Å². The molecule has 0 spiro atoms. The van der Waals surface area contributed by atoms with Gasteiger partial charge in [-0.05, 0) is 31.9 Å². The number of nitrogens with one attached hydrogen (secondary N) is 1. The van der Waals surface area contributed by atoms with Crippen molar-refractivity contribution in [2.24, 2.45) is 0 Å². The number of carbonyl (C=O) groups is 1. The molecule has 0 fully saturated rings. The molecule has 16 heavy (non-hydrogen) atoms. The Kier molecular flexibility index (Phi) is 5.00. The van der Waals surface area contributed by atoms with Crippen LogP contribution >= 0.6 is 15.9 Å². The van der Waals surface area contributed by atoms with Gasteiger partial charge in [-0.2, -0.15) is 0 Å². The lowest BCUT2D eigenvalue weighted by atomic mass is 9.95. The first kappa shape index (κ1) is 13.2. The van der Waals surface area contributed by atoms with E-state index in [1.54, 1.807) is 0 Å². The number of rotatable bonds is 5. The SMILES string of the molecule is CCC(C)(CCBr)NC(=O)c1ccccc1. The molecule has 1 aromatic carbocycles. The Morgan fingerprint density at radius 2 is 2.00 bits per heavy atom. The monoisotopic (exact) mass is 283 g/mol. The minimum absolute atomic E-state index is 0.00546. The molecule has 1 rings (SSSR count). The fraction of sp³-hybridized carbons (Fsp3) is 0.462. The fourth-order valence-corrected chi connectivity index (χ4v) is 2.35. The molecule has 1 amide bonds. The third-order valence-corrected chi connectivity index (χ3v) is 3.27. The van der Waals surface area contributed by atoms with Crippen LogP contribution in [-0.4, -0.2) is 16.8 Å². The maximum absolute atomic E-state index is 12.0. The largest absolute Gasteiger partial charge is 0.347 e. The third-order valence-electron chi connectivity index (χ3n) is 2.88. The van der Waals surface area contributed by atoms with Crippen molar-refractivity contribution in [3.63, 3.8) is 0 Å². The van der Waals surface area contributed by atoms with Crippen molar-refractivity contribution in [1.29, 1.82) is 0 Å². The Labute approximate surface area is 106 Å². The van der Waals surface area contributed by atoms with Crippen LogP contribution in [0.2, 0.25) is 0 Å². The summed E-state index contributed by atoms with van der Waals surface area (Å²) in [6.07, 6.45) is 1.86. The zero-order chi connectivity index (χ0) is 12.0. The zero-order valence-electron chi connectivity index (χ0n) is 9.79. The zero-order valence-corrected chi connectivity index (χ0v) is 11.4. The molecule has 1 atom stereocenters. The Bertz CT molecular complexity index is 339. The van der Waals surface area contributed by atoms with Crippen LogP contribution in [-0.2, 0) is 0 Å². The maximum atomic E-state index is 12.0. The molecule has 0 aliphatic carbocycles. The van der Waals surface area contributed by atoms with E-state index in [0.717, 1.165) is 23.7 Å². The van der Waals surface area contributed by atoms with E-state index in [1.807, 2.05) is 30.3 Å². The van der Waals surface area contributed by atoms with Gasteiger partial charge in [-0.3, -0.25) is 4.79 Å². The number of benzene rings is 1. The lowest BCUT2D eigenvalue weighted by Crippen LogP contribution is -2.45. The van der Waals surface area contributed by atoms with Crippen molar-refractivity contribution in [2.75, 3.05) is 5.33 Å². The molecular weight excluding hydrogens is 266 g/mol. The third kappa shape index (κ3) is 3.63. The molecule has 0 aliphatic heterocycles. The van der Waals surface area contributed by atoms with E-state index in [9.17, 15) is 4.79 Å². The first-order chi connectivity index (χ1) is 7.61. The summed E-state index contributed by atoms with van der Waals surface area (Å²) in [7, 11) is 0. The summed E-state index contributed by atoms with van der Waals surface area (Å²) in [6.45, 7) is 4.17. The van der Waals surface area contributed by atoms with Gasteiger partial charge in [-0.15, -0.1) is 0 Å². The predicted molar refractivity (Wildman–Crippen MR) is 71.0 cm³/mol. The molecule has 0 aliphatic rings. The van der Waals surface area contributed by atoms with Gasteiger partial charge in [-0.1, -0.05) is 41.1 Å². The molecule has 1 aromatic rings. The van der Waals surface area contributed by atoms with E-state index in [4.69, 9.17) is 0 Å². The Hall–Kier alpha value is -0.830. The van der Waals surface area contributed by atoms with Crippen LogP contribution in [0.4, 0.5) is 0 Å². The predicted octanol–water partition coefficient (Wildman–Crippen LogP) is 3.37. The fourth-order valence-electron chi connectivity index (χ4n) is 1.47. The molecule has 88 valence electrons. The molecular formula is C13H18BrNO. The lowest BCUT2D eigenvalue weighted by Gasteiger charge is -2.29. The topological polar surface area (TPSA) is 29.1 Å². The van der Waals surface area contributed by atoms with E-state index in [1.165, 1.54) is 0 Å². The number of hydrogen-bond acceptors (Lipinski definition) is 1. The molecule has 3 heteroatoms. The average molecular weight is 284 g/mol. The Balaban J connectivity index is 2.70. The first-order valence-corrected chi connectivity index (χ1v) is 6.67. The van der Waals surface area contributed by atoms with Gasteiger partial charge in [0.25, 0.3) is 5.91 Å². The van der Waals surface area contributed by atoms with Crippen molar-refractivity contribution in [1.82, 2.24) is 5.32 Å². The summed E-state index contributed by atoms with van der Waals surface area (Å²) in [4.78, 5) is 12.0. The summed E-state index contributed by atoms with van der Waals surface area (Å²) >= 11 is 3.42. The highest BCUT2D eigenvalue weighted by Crippen LogP contribution is 2.16. The molecule has 0 aromatic heterocycles. The second-order valence-electron chi connectivity index (χ2n) is 4.17. The van der Waals surface area contributed by atoms with Crippen LogP contribution in [0.5, 0.6) is 0 Å². The molecule has 0 saturated carbocycles. The van der Waals surface area contributed by atoms with Gasteiger partial charge in [0.05, 0.1) is 0 Å². The van der Waals surface area contributed by atoms with Gasteiger partial charge in [0.15, 0.2) is 0 Å². The normalized spacial score (nSPS) is 14.2. The number of halogens is 1. The summed E-state index contributed by atoms with van der Waals surface area (Å²) < 4.78 is 0. The molecule has 1 N–H and O–H groups in total. The molecule has 0 radical (unpaired) electrons. The summed E-state index contributed by atoms with van der Waals surface area (Å²) in [6, 6.07) is 9.33. The number of carbonyl (C=O) groups excluding carboxylic acids is 1. The quantitative estimate of drug-likeness (QED) is 0.825. The molecule has 2 nitrogen and oxygen atoms in total. The van der Waals surface area contributed by atoms with Crippen molar-refractivity contribution >= 4 is 21.8 Å². The molecule has 0 bridgehead atoms. The molecule has 0 saturated heterocycles. The van der Waals surface area contributed by atoms with Crippen molar-refractivity contribution < 1.29 is 4.79 Å². The highest BCUT2D eigenvalue weighted by Gasteiger charge is 2.23. The summed E-state index contributed by atoms with van der Waals surface area (Å²) in [5.41, 5.74) is 0.591. The summed E-state index contributed by atoms with van der Waals surface area (Å²) in [5, 5.41) is 3.99. The van der Waals surface area contributed by atoms with E-state index < -0.39 is 0 Å². The van der Waals surface area contributed by atoms with Gasteiger partial charge in [0, 0.05) is 16.4 Å². The second kappa shape index (κ2) is 6.04. The highest BCUT2D eigenvalue weighted by molar-refractivity contribution is 9.09. The maximum Gasteiger partial charge on any atom is 0.251 e. The number of amides is 1. The number of hydrogen-bond donors (Lipinski definition) is 1. The van der Waals surface area contributed by atoms with E-state index in [-0.39, 0.29) is 11.4 Å². The van der Waals surface area contributed by atoms with Crippen LogP contribution in [0.3, 0.4) is 0 Å². The van der Waals surface area contributed by atoms with Crippen LogP contribution in [0, 0.1) is 0 Å². The standard InChI is InChI=1S/C13H18BrNO/c1-3-13(2,9-10-14)15-12(16)11-7-5-4-6-8-11/h4-8H,3,9-10H2,1-2H3,(H,15,16). The smallest absolute Gasteiger partial charge is 0.251 e. The number of alkyl halides is 1. The summed E-state index contributed by atoms with van der Waals surface area (Å²) in [5.74, 6) is 0.00546. The van der Waals surface area contributed by atoms with Crippen LogP contribution in [0.25, 0.3) is 0 Å². The van der Waals surface area contributed by atoms with Crippen molar-refractivity contribution in [3.05, 3.63) is 35.9 Å². The van der Waals surface area contributed by atoms with Crippen LogP contribution in [0.15, 0.2) is 30.3 Å². The lowest BCUT2D eigenvalue weighted by molar-refractivity contribution is 0.0902. The average Bonchev–Trinajstić information content (AvgIpc) is 2.30. The van der Waals surface area contributed by atoms with E-state index >= 15 is 0 Å². The van der Waals surface area contributed by atoms with Gasteiger partial charge in [-0.25, -0.2) is 0 Å². The van der Waals surface area contributed by atoms with Crippen LogP contribution in [0.1, 0.15) is 37.0 Å². The highest BCUT2D eigenvalue weighted by atomic mass is 79.9. The minimum Gasteiger partial charge on any atom is -0.347 e. The first-order valence-electron chi connectivity index (χ1n) is 5.55. The second-order valence-corrected chi connectivity index (χ2v) is 4.97. The Morgan fingerprint density at radius 1 is 1.38 bits per heavy atom. The van der Waals surface area contributed by atoms with Gasteiger partial charge >= 0.3 is 0 Å². The molecule has 0 heterocycles. The van der Waals surface area contributed by atoms with Crippen molar-refractivity contribution in [3.8, 4) is 0 Å². The van der Waals surface area contributed by atoms with Crippen molar-refractivity contribution in [2.45, 2.75) is 32.2 Å². The van der Waals surface area contributed by atoms with Gasteiger partial charge < -0.3 is 5.32 Å². The Morgan fingerprint density at radius 3 is 2.50 bits per heavy atom. The van der Waals surface area contributed by atoms with E-state index in [2.05, 4.69) is 35.1 Å². The van der Waals surface area contributed by atoms with Gasteiger partial charge in [0.2, 0.25) is 0 Å². The molecule has 1 unspecified atom stereocenters. The van der Waals surface area contributed by atoms with E-state index in [0.29, 0.717) is 0 Å². The van der Waals surface area contributed by atoms with Gasteiger partial charge in [0.1, 0.15) is 0 Å². The minimum atomic E-state index is -0.129.